The van der Waals surface area contributed by atoms with E-state index in [9.17, 15) is 4.91 Å². The molecular weight excluding hydrogens is 328 g/mol. The maximum absolute atomic E-state index is 11.7. The summed E-state index contributed by atoms with van der Waals surface area (Å²) >= 11 is 0. The second-order valence-corrected chi connectivity index (χ2v) is 7.06. The molecule has 2 aliphatic rings. The van der Waals surface area contributed by atoms with E-state index in [-0.39, 0.29) is 18.0 Å². The van der Waals surface area contributed by atoms with Gasteiger partial charge in [-0.2, -0.15) is 4.91 Å². The number of nitrogens with one attached hydrogen (secondary N) is 1. The molecule has 0 heterocycles. The Balaban J connectivity index is 1.71. The first kappa shape index (κ1) is 18.6. The number of methoxy groups -OCH3 is 2. The first-order valence-corrected chi connectivity index (χ1v) is 9.40. The zero-order chi connectivity index (χ0) is 18.4. The van der Waals surface area contributed by atoms with Crippen LogP contribution in [0, 0.1) is 10.8 Å². The molecule has 0 saturated heterocycles. The molecule has 1 aromatic carbocycles. The predicted octanol–water partition coefficient (Wildman–Crippen LogP) is 4.51. The third-order valence-electron chi connectivity index (χ3n) is 5.53. The molecule has 1 fully saturated rings. The molecule has 26 heavy (non-hydrogen) atoms. The first-order chi connectivity index (χ1) is 12.7. The predicted molar refractivity (Wildman–Crippen MR) is 103 cm³/mol. The van der Waals surface area contributed by atoms with E-state index in [1.807, 2.05) is 30.3 Å². The van der Waals surface area contributed by atoms with E-state index in [2.05, 4.69) is 22.6 Å². The molecule has 0 radical (unpaired) electrons. The minimum Gasteiger partial charge on any atom is -0.497 e. The van der Waals surface area contributed by atoms with Gasteiger partial charge < -0.3 is 14.8 Å². The molecule has 0 bridgehead atoms. The highest BCUT2D eigenvalue weighted by molar-refractivity contribution is 5.30. The van der Waals surface area contributed by atoms with Gasteiger partial charge >= 0.3 is 0 Å². The van der Waals surface area contributed by atoms with Crippen molar-refractivity contribution in [3.8, 4) is 5.75 Å². The molecule has 5 heteroatoms. The van der Waals surface area contributed by atoms with E-state index in [1.54, 1.807) is 14.2 Å². The third-order valence-corrected chi connectivity index (χ3v) is 5.53. The number of benzene rings is 1. The number of rotatable bonds is 7. The Kier molecular flexibility index (Phi) is 6.45. The summed E-state index contributed by atoms with van der Waals surface area (Å²) in [5.41, 5.74) is 0.972. The summed E-state index contributed by atoms with van der Waals surface area (Å²) < 4.78 is 10.5. The van der Waals surface area contributed by atoms with Crippen LogP contribution < -0.4 is 10.1 Å². The molecule has 1 aromatic rings. The molecule has 3 rings (SSSR count). The maximum atomic E-state index is 11.7. The summed E-state index contributed by atoms with van der Waals surface area (Å²) in [6, 6.07) is 7.98. The molecule has 5 nitrogen and oxygen atoms in total. The van der Waals surface area contributed by atoms with Crippen molar-refractivity contribution in [1.82, 2.24) is 5.32 Å². The highest BCUT2D eigenvalue weighted by Crippen LogP contribution is 2.38. The molecule has 4 unspecified atom stereocenters. The van der Waals surface area contributed by atoms with Gasteiger partial charge in [0.15, 0.2) is 0 Å². The fourth-order valence-electron chi connectivity index (χ4n) is 4.08. The topological polar surface area (TPSA) is 59.9 Å². The molecular formula is C21H28N2O3. The quantitative estimate of drug-likeness (QED) is 0.730. The minimum atomic E-state index is -0.323. The van der Waals surface area contributed by atoms with Crippen molar-refractivity contribution >= 4 is 0 Å². The summed E-state index contributed by atoms with van der Waals surface area (Å²) in [5.74, 6) is 1.93. The van der Waals surface area contributed by atoms with Crippen LogP contribution in [0.5, 0.6) is 5.75 Å². The van der Waals surface area contributed by atoms with Gasteiger partial charge in [0.25, 0.3) is 0 Å². The van der Waals surface area contributed by atoms with Crippen molar-refractivity contribution in [3.63, 3.8) is 0 Å². The van der Waals surface area contributed by atoms with Crippen molar-refractivity contribution in [2.24, 2.45) is 11.1 Å². The van der Waals surface area contributed by atoms with Gasteiger partial charge in [-0.15, -0.1) is 0 Å². The number of ether oxygens (including phenoxy) is 2. The lowest BCUT2D eigenvalue weighted by molar-refractivity contribution is 0.217. The van der Waals surface area contributed by atoms with Crippen LogP contribution in [0.2, 0.25) is 0 Å². The lowest BCUT2D eigenvalue weighted by atomic mass is 9.77. The van der Waals surface area contributed by atoms with Crippen LogP contribution in [0.25, 0.3) is 0 Å². The van der Waals surface area contributed by atoms with E-state index in [1.165, 1.54) is 6.42 Å². The average molecular weight is 356 g/mol. The first-order valence-electron chi connectivity index (χ1n) is 9.40. The molecule has 2 aliphatic carbocycles. The highest BCUT2D eigenvalue weighted by Gasteiger charge is 2.34. The SMILES string of the molecule is COC1=CCC(NC2CCCCC2C(N=O)c2ccc(OC)cc2)C=C1. The zero-order valence-corrected chi connectivity index (χ0v) is 15.6. The Morgan fingerprint density at radius 3 is 2.50 bits per heavy atom. The minimum absolute atomic E-state index is 0.218. The monoisotopic (exact) mass is 356 g/mol. The molecule has 0 amide bonds. The lowest BCUT2D eigenvalue weighted by Crippen LogP contribution is -2.45. The lowest BCUT2D eigenvalue weighted by Gasteiger charge is -2.37. The van der Waals surface area contributed by atoms with E-state index in [0.29, 0.717) is 6.04 Å². The Morgan fingerprint density at radius 1 is 1.12 bits per heavy atom. The zero-order valence-electron chi connectivity index (χ0n) is 15.6. The Morgan fingerprint density at radius 2 is 1.88 bits per heavy atom. The Hall–Kier alpha value is -2.14. The van der Waals surface area contributed by atoms with Crippen LogP contribution in [0.1, 0.15) is 43.7 Å². The van der Waals surface area contributed by atoms with Crippen molar-refractivity contribution in [3.05, 3.63) is 58.7 Å². The third kappa shape index (κ3) is 4.33. The number of nitroso groups, excluding NO2 is 1. The van der Waals surface area contributed by atoms with Crippen LogP contribution in [0.4, 0.5) is 0 Å². The maximum Gasteiger partial charge on any atom is 0.121 e. The number of hydrogen-bond acceptors (Lipinski definition) is 5. The molecule has 0 aliphatic heterocycles. The van der Waals surface area contributed by atoms with Crippen LogP contribution >= 0.6 is 0 Å². The van der Waals surface area contributed by atoms with Crippen LogP contribution in [0.15, 0.2) is 53.4 Å². The standard InChI is InChI=1S/C21H28N2O3/c1-25-17-11-7-15(8-12-17)21(23-24)19-5-3-4-6-20(19)22-16-9-13-18(26-2)14-10-16/h7-9,11-14,16,19-22H,3-6,10H2,1-2H3. The van der Waals surface area contributed by atoms with E-state index in [0.717, 1.165) is 42.8 Å². The van der Waals surface area contributed by atoms with E-state index >= 15 is 0 Å². The number of nitrogens with zero attached hydrogens (tertiary/aromatic N) is 1. The molecule has 0 spiro atoms. The molecule has 1 N–H and O–H groups in total. The Labute approximate surface area is 155 Å². The second kappa shape index (κ2) is 8.99. The summed E-state index contributed by atoms with van der Waals surface area (Å²) in [4.78, 5) is 11.7. The molecule has 1 saturated carbocycles. The molecule has 140 valence electrons. The van der Waals surface area contributed by atoms with Crippen LogP contribution in [0.3, 0.4) is 0 Å². The summed E-state index contributed by atoms with van der Waals surface area (Å²) in [6.45, 7) is 0. The van der Waals surface area contributed by atoms with Gasteiger partial charge in [-0.1, -0.05) is 36.2 Å². The van der Waals surface area contributed by atoms with Crippen LogP contribution in [-0.2, 0) is 4.74 Å². The largest absolute Gasteiger partial charge is 0.497 e. The van der Waals surface area contributed by atoms with Crippen molar-refractivity contribution in [2.75, 3.05) is 14.2 Å². The number of allylic oxidation sites excluding steroid dienone is 1. The van der Waals surface area contributed by atoms with Gasteiger partial charge in [-0.25, -0.2) is 0 Å². The summed E-state index contributed by atoms with van der Waals surface area (Å²) in [6.07, 6.45) is 11.6. The fraction of sp³-hybridized carbons (Fsp3) is 0.524. The molecule has 0 aromatic heterocycles. The van der Waals surface area contributed by atoms with Crippen LogP contribution in [-0.4, -0.2) is 26.3 Å². The Bertz CT molecular complexity index is 654. The second-order valence-electron chi connectivity index (χ2n) is 7.06. The van der Waals surface area contributed by atoms with Gasteiger partial charge in [0.05, 0.1) is 14.2 Å². The highest BCUT2D eigenvalue weighted by atomic mass is 16.5. The average Bonchev–Trinajstić information content (AvgIpc) is 2.71. The van der Waals surface area contributed by atoms with Crippen molar-refractivity contribution < 1.29 is 9.47 Å². The van der Waals surface area contributed by atoms with Gasteiger partial charge in [0.1, 0.15) is 17.6 Å². The molecule has 4 atom stereocenters. The van der Waals surface area contributed by atoms with E-state index < -0.39 is 0 Å². The fourth-order valence-corrected chi connectivity index (χ4v) is 4.08. The normalized spacial score (nSPS) is 26.7. The summed E-state index contributed by atoms with van der Waals surface area (Å²) in [5, 5.41) is 7.27. The van der Waals surface area contributed by atoms with Gasteiger partial charge in [0.2, 0.25) is 0 Å². The van der Waals surface area contributed by atoms with Crippen molar-refractivity contribution in [2.45, 2.75) is 50.2 Å². The smallest absolute Gasteiger partial charge is 0.121 e. The van der Waals surface area contributed by atoms with Gasteiger partial charge in [-0.3, -0.25) is 0 Å². The van der Waals surface area contributed by atoms with E-state index in [4.69, 9.17) is 9.47 Å². The van der Waals surface area contributed by atoms with Gasteiger partial charge in [0, 0.05) is 18.0 Å². The van der Waals surface area contributed by atoms with Gasteiger partial charge in [-0.05, 0) is 49.1 Å². The number of hydrogen-bond donors (Lipinski definition) is 1. The summed E-state index contributed by atoms with van der Waals surface area (Å²) in [7, 11) is 3.34. The van der Waals surface area contributed by atoms with Crippen molar-refractivity contribution in [1.29, 1.82) is 0 Å².